The van der Waals surface area contributed by atoms with E-state index < -0.39 is 23.3 Å². The highest BCUT2D eigenvalue weighted by Gasteiger charge is 2.42. The van der Waals surface area contributed by atoms with Crippen LogP contribution >= 0.6 is 0 Å². The number of hydrogen-bond donors (Lipinski definition) is 1. The number of nitrogens with one attached hydrogen (secondary N) is 1. The molecular formula is C17H25F2NO. The van der Waals surface area contributed by atoms with Crippen molar-refractivity contribution in [2.75, 3.05) is 14.2 Å². The van der Waals surface area contributed by atoms with Gasteiger partial charge in [-0.2, -0.15) is 0 Å². The minimum Gasteiger partial charge on any atom is -0.376 e. The van der Waals surface area contributed by atoms with Gasteiger partial charge in [0.1, 0.15) is 11.6 Å². The van der Waals surface area contributed by atoms with Crippen LogP contribution in [0.25, 0.3) is 0 Å². The number of aryl methyl sites for hydroxylation is 1. The first-order valence-corrected chi connectivity index (χ1v) is 7.72. The van der Waals surface area contributed by atoms with Gasteiger partial charge in [-0.1, -0.05) is 31.7 Å². The van der Waals surface area contributed by atoms with Crippen LogP contribution in [0.2, 0.25) is 0 Å². The van der Waals surface area contributed by atoms with Gasteiger partial charge in [0, 0.05) is 12.7 Å². The number of rotatable bonds is 4. The first-order chi connectivity index (χ1) is 10.1. The maximum Gasteiger partial charge on any atom is 0.133 e. The lowest BCUT2D eigenvalue weighted by molar-refractivity contribution is -0.0539. The van der Waals surface area contributed by atoms with E-state index >= 15 is 0 Å². The molecule has 0 radical (unpaired) electrons. The molecule has 1 saturated carbocycles. The van der Waals surface area contributed by atoms with Crippen LogP contribution in [-0.4, -0.2) is 19.8 Å². The number of halogens is 2. The molecule has 0 aromatic heterocycles. The molecule has 0 saturated heterocycles. The van der Waals surface area contributed by atoms with Crippen molar-refractivity contribution in [3.63, 3.8) is 0 Å². The summed E-state index contributed by atoms with van der Waals surface area (Å²) >= 11 is 0. The summed E-state index contributed by atoms with van der Waals surface area (Å²) in [6.07, 6.45) is 6.01. The molecule has 118 valence electrons. The van der Waals surface area contributed by atoms with Crippen LogP contribution in [0.15, 0.2) is 12.1 Å². The maximum absolute atomic E-state index is 14.5. The smallest absolute Gasteiger partial charge is 0.133 e. The Kier molecular flexibility index (Phi) is 5.33. The Balaban J connectivity index is 2.49. The quantitative estimate of drug-likeness (QED) is 0.838. The van der Waals surface area contributed by atoms with Crippen molar-refractivity contribution in [1.82, 2.24) is 5.32 Å². The van der Waals surface area contributed by atoms with Crippen LogP contribution in [-0.2, 0) is 4.74 Å². The van der Waals surface area contributed by atoms with Crippen molar-refractivity contribution >= 4 is 0 Å². The van der Waals surface area contributed by atoms with Gasteiger partial charge in [0.05, 0.1) is 11.6 Å². The van der Waals surface area contributed by atoms with Gasteiger partial charge in [0.2, 0.25) is 0 Å². The Morgan fingerprint density at radius 3 is 2.29 bits per heavy atom. The Morgan fingerprint density at radius 2 is 1.76 bits per heavy atom. The van der Waals surface area contributed by atoms with Crippen LogP contribution in [0, 0.1) is 18.6 Å². The number of hydrogen-bond acceptors (Lipinski definition) is 2. The fourth-order valence-corrected chi connectivity index (χ4v) is 3.55. The molecule has 1 aromatic carbocycles. The fraction of sp³-hybridized carbons (Fsp3) is 0.647. The predicted molar refractivity (Wildman–Crippen MR) is 80.3 cm³/mol. The summed E-state index contributed by atoms with van der Waals surface area (Å²) in [6, 6.07) is 2.35. The molecular weight excluding hydrogens is 272 g/mol. The lowest BCUT2D eigenvalue weighted by atomic mass is 9.81. The first-order valence-electron chi connectivity index (χ1n) is 7.72. The second kappa shape index (κ2) is 6.84. The van der Waals surface area contributed by atoms with Crippen LogP contribution < -0.4 is 5.32 Å². The standard InChI is InChI=1S/C17H25F2NO/c1-12-8-9-13(18)14(15(12)19)16(20-2)17(21-3)10-6-4-5-7-11-17/h8-9,16,20H,4-7,10-11H2,1-3H3. The third-order valence-electron chi connectivity index (χ3n) is 4.78. The van der Waals surface area contributed by atoms with E-state index in [9.17, 15) is 8.78 Å². The van der Waals surface area contributed by atoms with Crippen molar-refractivity contribution in [2.45, 2.75) is 57.1 Å². The van der Waals surface area contributed by atoms with Crippen molar-refractivity contribution in [3.05, 3.63) is 34.9 Å². The molecule has 0 heterocycles. The van der Waals surface area contributed by atoms with Gasteiger partial charge >= 0.3 is 0 Å². The van der Waals surface area contributed by atoms with Crippen LogP contribution in [0.4, 0.5) is 8.78 Å². The largest absolute Gasteiger partial charge is 0.376 e. The van der Waals surface area contributed by atoms with Gasteiger partial charge < -0.3 is 10.1 Å². The lowest BCUT2D eigenvalue weighted by Crippen LogP contribution is -2.45. The number of likely N-dealkylation sites (N-methyl/N-ethyl adjacent to an activating group) is 1. The molecule has 1 aliphatic carbocycles. The van der Waals surface area contributed by atoms with E-state index in [-0.39, 0.29) is 5.56 Å². The Morgan fingerprint density at radius 1 is 1.14 bits per heavy atom. The highest BCUT2D eigenvalue weighted by atomic mass is 19.1. The molecule has 1 atom stereocenters. The SMILES string of the molecule is CNC(c1c(F)ccc(C)c1F)C1(OC)CCCCCC1. The molecule has 1 N–H and O–H groups in total. The van der Waals surface area contributed by atoms with E-state index in [2.05, 4.69) is 5.32 Å². The third kappa shape index (κ3) is 3.11. The fourth-order valence-electron chi connectivity index (χ4n) is 3.55. The molecule has 0 spiro atoms. The van der Waals surface area contributed by atoms with Gasteiger partial charge in [-0.15, -0.1) is 0 Å². The Labute approximate surface area is 125 Å². The second-order valence-corrected chi connectivity index (χ2v) is 6.00. The summed E-state index contributed by atoms with van der Waals surface area (Å²) in [5.74, 6) is -0.965. The van der Waals surface area contributed by atoms with E-state index in [0.29, 0.717) is 5.56 Å². The van der Waals surface area contributed by atoms with Crippen molar-refractivity contribution in [1.29, 1.82) is 0 Å². The summed E-state index contributed by atoms with van der Waals surface area (Å²) in [5.41, 5.74) is 0.0357. The second-order valence-electron chi connectivity index (χ2n) is 6.00. The number of ether oxygens (including phenoxy) is 1. The zero-order valence-electron chi connectivity index (χ0n) is 13.1. The van der Waals surface area contributed by atoms with E-state index in [1.165, 1.54) is 12.1 Å². The number of methoxy groups -OCH3 is 1. The molecule has 4 heteroatoms. The predicted octanol–water partition coefficient (Wildman–Crippen LogP) is 4.27. The molecule has 1 fully saturated rings. The molecule has 2 nitrogen and oxygen atoms in total. The van der Waals surface area contributed by atoms with Crippen molar-refractivity contribution < 1.29 is 13.5 Å². The van der Waals surface area contributed by atoms with Crippen molar-refractivity contribution in [2.24, 2.45) is 0 Å². The molecule has 1 aliphatic rings. The maximum atomic E-state index is 14.5. The Hall–Kier alpha value is -1.00. The summed E-state index contributed by atoms with van der Waals surface area (Å²) in [7, 11) is 3.40. The third-order valence-corrected chi connectivity index (χ3v) is 4.78. The van der Waals surface area contributed by atoms with Gasteiger partial charge in [-0.05, 0) is 38.4 Å². The first kappa shape index (κ1) is 16.4. The van der Waals surface area contributed by atoms with E-state index in [0.717, 1.165) is 38.5 Å². The van der Waals surface area contributed by atoms with E-state index in [1.807, 2.05) is 0 Å². The average molecular weight is 297 g/mol. The molecule has 0 bridgehead atoms. The normalized spacial score (nSPS) is 20.0. The van der Waals surface area contributed by atoms with Gasteiger partial charge in [-0.3, -0.25) is 0 Å². The van der Waals surface area contributed by atoms with Gasteiger partial charge in [-0.25, -0.2) is 8.78 Å². The minimum absolute atomic E-state index is 0.112. The topological polar surface area (TPSA) is 21.3 Å². The minimum atomic E-state index is -0.541. The summed E-state index contributed by atoms with van der Waals surface area (Å²) < 4.78 is 34.6. The van der Waals surface area contributed by atoms with E-state index in [1.54, 1.807) is 21.1 Å². The van der Waals surface area contributed by atoms with Gasteiger partial charge in [0.15, 0.2) is 0 Å². The monoisotopic (exact) mass is 297 g/mol. The summed E-state index contributed by atoms with van der Waals surface area (Å²) in [4.78, 5) is 0. The zero-order valence-corrected chi connectivity index (χ0v) is 13.1. The molecule has 21 heavy (non-hydrogen) atoms. The van der Waals surface area contributed by atoms with Crippen LogP contribution in [0.1, 0.15) is 55.7 Å². The van der Waals surface area contributed by atoms with Crippen LogP contribution in [0.3, 0.4) is 0 Å². The molecule has 0 aliphatic heterocycles. The summed E-state index contributed by atoms with van der Waals surface area (Å²) in [6.45, 7) is 1.66. The molecule has 0 amide bonds. The zero-order chi connectivity index (χ0) is 15.5. The van der Waals surface area contributed by atoms with E-state index in [4.69, 9.17) is 4.74 Å². The highest BCUT2D eigenvalue weighted by Crippen LogP contribution is 2.41. The lowest BCUT2D eigenvalue weighted by Gasteiger charge is -2.39. The molecule has 1 aromatic rings. The molecule has 1 unspecified atom stereocenters. The van der Waals surface area contributed by atoms with Crippen molar-refractivity contribution in [3.8, 4) is 0 Å². The van der Waals surface area contributed by atoms with Gasteiger partial charge in [0.25, 0.3) is 0 Å². The molecule has 2 rings (SSSR count). The Bertz CT molecular complexity index is 482. The number of benzene rings is 1. The highest BCUT2D eigenvalue weighted by molar-refractivity contribution is 5.31. The average Bonchev–Trinajstić information content (AvgIpc) is 2.74. The summed E-state index contributed by atoms with van der Waals surface area (Å²) in [5, 5.41) is 3.11. The van der Waals surface area contributed by atoms with Crippen LogP contribution in [0.5, 0.6) is 0 Å².